The van der Waals surface area contributed by atoms with Crippen molar-refractivity contribution in [2.45, 2.75) is 48.3 Å². The van der Waals surface area contributed by atoms with Gasteiger partial charge in [-0.2, -0.15) is 0 Å². The van der Waals surface area contributed by atoms with E-state index in [0.29, 0.717) is 0 Å². The monoisotopic (exact) mass is 258 g/mol. The van der Waals surface area contributed by atoms with Crippen molar-refractivity contribution < 1.29 is 24.5 Å². The third-order valence-electron chi connectivity index (χ3n) is 0.983. The summed E-state index contributed by atoms with van der Waals surface area (Å²) in [4.78, 5) is 9.44. The molecule has 0 spiro atoms. The van der Waals surface area contributed by atoms with E-state index in [4.69, 9.17) is 19.7 Å². The normalized spacial score (nSPS) is 7.18. The van der Waals surface area contributed by atoms with Crippen molar-refractivity contribution in [2.24, 2.45) is 0 Å². The Bertz CT molecular complexity index is 103. The summed E-state index contributed by atoms with van der Waals surface area (Å²) in [6.07, 6.45) is 0. The largest absolute Gasteiger partial charge is 0.400 e. The van der Waals surface area contributed by atoms with Gasteiger partial charge < -0.3 is 24.5 Å². The second-order valence-electron chi connectivity index (χ2n) is 2.72. The van der Waals surface area contributed by atoms with Crippen molar-refractivity contribution in [2.75, 3.05) is 28.4 Å². The Morgan fingerprint density at radius 2 is 1.00 bits per heavy atom. The number of carbonyl (C=O) groups is 1. The molecule has 0 aliphatic heterocycles. The van der Waals surface area contributed by atoms with Crippen molar-refractivity contribution in [1.82, 2.24) is 0 Å². The van der Waals surface area contributed by atoms with Gasteiger partial charge in [0.1, 0.15) is 5.78 Å². The SMILES string of the molecule is C.C.CC(C)=O.CO.CO.COC(C)(C)OC. The minimum absolute atomic E-state index is 0. The fraction of sp³-hybridized carbons (Fsp3) is 0.917. The molecule has 0 rings (SSSR count). The topological polar surface area (TPSA) is 76.0 Å². The van der Waals surface area contributed by atoms with Crippen LogP contribution in [0, 0.1) is 0 Å². The zero-order chi connectivity index (χ0) is 13.5. The predicted octanol–water partition coefficient (Wildman–Crippen LogP) is 2.10. The first-order chi connectivity index (χ1) is 6.85. The first-order valence-corrected chi connectivity index (χ1v) is 4.32. The highest BCUT2D eigenvalue weighted by Gasteiger charge is 2.11. The lowest BCUT2D eigenvalue weighted by Crippen LogP contribution is -2.24. The highest BCUT2D eigenvalue weighted by atomic mass is 16.7. The maximum atomic E-state index is 9.44. The van der Waals surface area contributed by atoms with Crippen molar-refractivity contribution >= 4 is 5.78 Å². The van der Waals surface area contributed by atoms with E-state index in [0.717, 1.165) is 14.2 Å². The molecule has 0 aliphatic rings. The second-order valence-corrected chi connectivity index (χ2v) is 2.72. The zero-order valence-corrected chi connectivity index (χ0v) is 11.1. The summed E-state index contributed by atoms with van der Waals surface area (Å²) < 4.78 is 9.73. The second kappa shape index (κ2) is 29.6. The van der Waals surface area contributed by atoms with Crippen LogP contribution in [0.5, 0.6) is 0 Å². The van der Waals surface area contributed by atoms with Gasteiger partial charge in [-0.15, -0.1) is 0 Å². The average Bonchev–Trinajstić information content (AvgIpc) is 2.23. The van der Waals surface area contributed by atoms with E-state index in [1.807, 2.05) is 13.8 Å². The molecular weight excluding hydrogens is 224 g/mol. The number of methoxy groups -OCH3 is 2. The summed E-state index contributed by atoms with van der Waals surface area (Å²) in [6.45, 7) is 6.76. The summed E-state index contributed by atoms with van der Waals surface area (Å²) in [5.74, 6) is -0.250. The lowest BCUT2D eigenvalue weighted by atomic mass is 10.4. The lowest BCUT2D eigenvalue weighted by molar-refractivity contribution is -0.178. The van der Waals surface area contributed by atoms with Crippen LogP contribution < -0.4 is 0 Å². The van der Waals surface area contributed by atoms with Gasteiger partial charge >= 0.3 is 0 Å². The molecule has 0 saturated carbocycles. The van der Waals surface area contributed by atoms with E-state index in [9.17, 15) is 4.79 Å². The van der Waals surface area contributed by atoms with Gasteiger partial charge in [0.2, 0.25) is 0 Å². The van der Waals surface area contributed by atoms with E-state index in [-0.39, 0.29) is 20.6 Å². The molecule has 17 heavy (non-hydrogen) atoms. The fourth-order valence-corrected chi connectivity index (χ4v) is 0.0833. The van der Waals surface area contributed by atoms with Gasteiger partial charge in [0.05, 0.1) is 0 Å². The summed E-state index contributed by atoms with van der Waals surface area (Å²) in [7, 11) is 5.23. The van der Waals surface area contributed by atoms with Gasteiger partial charge in [-0.1, -0.05) is 14.9 Å². The van der Waals surface area contributed by atoms with Gasteiger partial charge in [0, 0.05) is 28.4 Å². The number of ether oxygens (including phenoxy) is 2. The molecule has 0 atom stereocenters. The molecule has 0 saturated heterocycles. The highest BCUT2D eigenvalue weighted by molar-refractivity contribution is 5.72. The van der Waals surface area contributed by atoms with Crippen LogP contribution in [0.3, 0.4) is 0 Å². The van der Waals surface area contributed by atoms with Crippen LogP contribution >= 0.6 is 0 Å². The first kappa shape index (κ1) is 36.0. The molecule has 0 aromatic rings. The number of Topliss-reactive ketones (excluding diaryl/α,β-unsaturated/α-hetero) is 1. The molecule has 0 radical (unpaired) electrons. The maximum Gasteiger partial charge on any atom is 0.161 e. The number of aliphatic hydroxyl groups is 2. The number of aliphatic hydroxyl groups excluding tert-OH is 2. The zero-order valence-electron chi connectivity index (χ0n) is 11.1. The van der Waals surface area contributed by atoms with E-state index in [1.165, 1.54) is 13.8 Å². The summed E-state index contributed by atoms with van der Waals surface area (Å²) >= 11 is 0. The molecule has 0 aromatic heterocycles. The molecule has 0 heterocycles. The van der Waals surface area contributed by atoms with Crippen molar-refractivity contribution in [3.8, 4) is 0 Å². The molecular formula is C12H34O5. The van der Waals surface area contributed by atoms with E-state index in [2.05, 4.69) is 0 Å². The number of ketones is 1. The summed E-state index contributed by atoms with van der Waals surface area (Å²) in [5.41, 5.74) is 0. The Morgan fingerprint density at radius 1 is 0.882 bits per heavy atom. The number of hydrogen-bond donors (Lipinski definition) is 2. The Kier molecular flexibility index (Phi) is 62.5. The summed E-state index contributed by atoms with van der Waals surface area (Å²) in [6, 6.07) is 0. The first-order valence-electron chi connectivity index (χ1n) is 4.32. The van der Waals surface area contributed by atoms with Crippen LogP contribution in [0.2, 0.25) is 0 Å². The molecule has 112 valence electrons. The predicted molar refractivity (Wildman–Crippen MR) is 74.2 cm³/mol. The quantitative estimate of drug-likeness (QED) is 0.742. The molecule has 5 nitrogen and oxygen atoms in total. The molecule has 0 bridgehead atoms. The van der Waals surface area contributed by atoms with Gasteiger partial charge in [-0.05, 0) is 27.7 Å². The van der Waals surface area contributed by atoms with E-state index >= 15 is 0 Å². The Labute approximate surface area is 108 Å². The van der Waals surface area contributed by atoms with Crippen molar-refractivity contribution in [3.05, 3.63) is 0 Å². The van der Waals surface area contributed by atoms with Crippen molar-refractivity contribution in [3.63, 3.8) is 0 Å². The molecule has 0 fully saturated rings. The van der Waals surface area contributed by atoms with Crippen molar-refractivity contribution in [1.29, 1.82) is 0 Å². The Hall–Kier alpha value is -0.490. The van der Waals surface area contributed by atoms with Gasteiger partial charge in [0.25, 0.3) is 0 Å². The van der Waals surface area contributed by atoms with Crippen LogP contribution in [-0.4, -0.2) is 50.2 Å². The lowest BCUT2D eigenvalue weighted by Gasteiger charge is -2.19. The number of hydrogen-bond acceptors (Lipinski definition) is 5. The Balaban J connectivity index is -0.0000000265. The molecule has 0 aromatic carbocycles. The van der Waals surface area contributed by atoms with Gasteiger partial charge in [0.15, 0.2) is 5.79 Å². The fourth-order valence-electron chi connectivity index (χ4n) is 0.0833. The molecule has 0 unspecified atom stereocenters. The molecule has 5 heteroatoms. The standard InChI is InChI=1S/C5H12O2.C3H6O.2CH4O.2CH4/c1-5(2,6-3)7-4;1-3(2)4;2*1-2;;/h1-4H3;1-2H3;2*2H,1H3;2*1H4. The third-order valence-corrected chi connectivity index (χ3v) is 0.983. The third kappa shape index (κ3) is 93.2. The van der Waals surface area contributed by atoms with Crippen LogP contribution in [0.15, 0.2) is 0 Å². The Morgan fingerprint density at radius 3 is 1.00 bits per heavy atom. The van der Waals surface area contributed by atoms with Crippen LogP contribution in [0.25, 0.3) is 0 Å². The smallest absolute Gasteiger partial charge is 0.161 e. The van der Waals surface area contributed by atoms with E-state index < -0.39 is 5.79 Å². The molecule has 0 amide bonds. The number of carbonyl (C=O) groups excluding carboxylic acids is 1. The van der Waals surface area contributed by atoms with Gasteiger partial charge in [-0.3, -0.25) is 0 Å². The average molecular weight is 258 g/mol. The van der Waals surface area contributed by atoms with Crippen LogP contribution in [0.4, 0.5) is 0 Å². The summed E-state index contributed by atoms with van der Waals surface area (Å²) in [5, 5.41) is 14.0. The maximum absolute atomic E-state index is 9.44. The minimum Gasteiger partial charge on any atom is -0.400 e. The van der Waals surface area contributed by atoms with E-state index in [1.54, 1.807) is 14.2 Å². The molecule has 0 aliphatic carbocycles. The van der Waals surface area contributed by atoms with Gasteiger partial charge in [-0.25, -0.2) is 0 Å². The van der Waals surface area contributed by atoms with Crippen LogP contribution in [-0.2, 0) is 14.3 Å². The number of rotatable bonds is 2. The minimum atomic E-state index is -0.417. The molecule has 2 N–H and O–H groups in total. The highest BCUT2D eigenvalue weighted by Crippen LogP contribution is 2.05. The van der Waals surface area contributed by atoms with Crippen LogP contribution in [0.1, 0.15) is 42.5 Å².